The van der Waals surface area contributed by atoms with Gasteiger partial charge in [-0.25, -0.2) is 8.42 Å². The Morgan fingerprint density at radius 2 is 1.21 bits per heavy atom. The molecule has 1 saturated heterocycles. The van der Waals surface area contributed by atoms with E-state index in [0.29, 0.717) is 12.8 Å². The summed E-state index contributed by atoms with van der Waals surface area (Å²) in [6.07, 6.45) is 1.01. The summed E-state index contributed by atoms with van der Waals surface area (Å²) in [7, 11) is -2.85. The van der Waals surface area contributed by atoms with Crippen LogP contribution in [0.3, 0.4) is 0 Å². The summed E-state index contributed by atoms with van der Waals surface area (Å²) in [4.78, 5) is 0. The fourth-order valence-electron chi connectivity index (χ4n) is 1.16. The van der Waals surface area contributed by atoms with Crippen LogP contribution in [-0.4, -0.2) is 32.0 Å². The maximum absolute atomic E-state index is 11.1. The molecule has 0 aromatic rings. The predicted molar refractivity (Wildman–Crippen MR) is 43.8 cm³/mol. The number of rotatable bonds is 0. The zero-order chi connectivity index (χ0) is 8.48. The van der Waals surface area contributed by atoms with Gasteiger partial charge < -0.3 is 36.3 Å². The molecular weight excluding hydrogens is 430 g/mol. The molecule has 0 radical (unpaired) electrons. The van der Waals surface area contributed by atoms with Gasteiger partial charge in [0.05, 0.1) is 11.5 Å². The van der Waals surface area contributed by atoms with Gasteiger partial charge in [0.1, 0.15) is 9.84 Å². The molecule has 2 atom stereocenters. The van der Waals surface area contributed by atoms with Crippen LogP contribution in [0.1, 0.15) is 12.8 Å². The van der Waals surface area contributed by atoms with Crippen molar-refractivity contribution in [2.45, 2.75) is 24.9 Å². The standard InChI is InChI=1S/C6H14N2O2S.2ClH.Pt/c7-5-1-3-11(9,10)4-2-6(5)8;;;/h5-6H,1-4,7-8H2;2*1H;/q;;;+2/p-2/t5-,6-;;;/m0.../s1. The first-order valence-electron chi connectivity index (χ1n) is 3.73. The van der Waals surface area contributed by atoms with E-state index in [4.69, 9.17) is 11.5 Å². The largest absolute Gasteiger partial charge is 2.00 e. The molecular formula is C6H14Cl2N2O2PtS. The molecule has 0 bridgehead atoms. The Balaban J connectivity index is -0.000000403. The molecule has 4 N–H and O–H groups in total. The van der Waals surface area contributed by atoms with Crippen LogP contribution in [-0.2, 0) is 30.9 Å². The van der Waals surface area contributed by atoms with E-state index < -0.39 is 9.84 Å². The van der Waals surface area contributed by atoms with Gasteiger partial charge in [-0.15, -0.1) is 0 Å². The molecule has 1 rings (SSSR count). The fraction of sp³-hybridized carbons (Fsp3) is 1.00. The Labute approximate surface area is 112 Å². The van der Waals surface area contributed by atoms with Gasteiger partial charge in [0.25, 0.3) is 0 Å². The van der Waals surface area contributed by atoms with E-state index in [9.17, 15) is 8.42 Å². The molecule has 0 aromatic heterocycles. The first-order chi connectivity index (χ1) is 5.01. The molecule has 8 heteroatoms. The van der Waals surface area contributed by atoms with Gasteiger partial charge in [-0.2, -0.15) is 0 Å². The SMILES string of the molecule is N[C@H]1CCS(=O)(=O)CC[C@@H]1N.[Cl-].[Cl-].[Pt+2]. The molecule has 1 fully saturated rings. The monoisotopic (exact) mass is 443 g/mol. The molecule has 1 heterocycles. The van der Waals surface area contributed by atoms with Crippen molar-refractivity contribution in [1.82, 2.24) is 0 Å². The average molecular weight is 444 g/mol. The zero-order valence-corrected chi connectivity index (χ0v) is 12.0. The minimum absolute atomic E-state index is 0. The summed E-state index contributed by atoms with van der Waals surface area (Å²) >= 11 is 0. The summed E-state index contributed by atoms with van der Waals surface area (Å²) in [5.74, 6) is 0.393. The number of sulfone groups is 1. The van der Waals surface area contributed by atoms with E-state index in [0.717, 1.165) is 0 Å². The van der Waals surface area contributed by atoms with Crippen molar-refractivity contribution < 1.29 is 54.3 Å². The molecule has 0 amide bonds. The molecule has 0 aromatic carbocycles. The second kappa shape index (κ2) is 8.31. The fourth-order valence-corrected chi connectivity index (χ4v) is 2.63. The summed E-state index contributed by atoms with van der Waals surface area (Å²) in [6, 6.07) is -0.292. The molecule has 1 aliphatic rings. The van der Waals surface area contributed by atoms with E-state index in [1.807, 2.05) is 0 Å². The van der Waals surface area contributed by atoms with Crippen LogP contribution in [0.15, 0.2) is 0 Å². The third kappa shape index (κ3) is 6.59. The molecule has 0 spiro atoms. The molecule has 0 unspecified atom stereocenters. The van der Waals surface area contributed by atoms with Crippen molar-refractivity contribution in [3.63, 3.8) is 0 Å². The Hall–Kier alpha value is 1.14. The second-order valence-electron chi connectivity index (χ2n) is 3.06. The van der Waals surface area contributed by atoms with Crippen molar-refractivity contribution in [3.8, 4) is 0 Å². The van der Waals surface area contributed by atoms with Gasteiger partial charge in [0, 0.05) is 12.1 Å². The van der Waals surface area contributed by atoms with Crippen molar-refractivity contribution >= 4 is 9.84 Å². The number of nitrogens with two attached hydrogens (primary N) is 2. The van der Waals surface area contributed by atoms with Crippen LogP contribution in [0.4, 0.5) is 0 Å². The Morgan fingerprint density at radius 1 is 0.929 bits per heavy atom. The summed E-state index contributed by atoms with van der Waals surface area (Å²) in [6.45, 7) is 0. The molecule has 0 saturated carbocycles. The molecule has 1 aliphatic heterocycles. The van der Waals surface area contributed by atoms with Crippen LogP contribution in [0.2, 0.25) is 0 Å². The van der Waals surface area contributed by atoms with Gasteiger partial charge in [-0.05, 0) is 12.8 Å². The van der Waals surface area contributed by atoms with Gasteiger partial charge in [0.2, 0.25) is 0 Å². The molecule has 14 heavy (non-hydrogen) atoms. The average Bonchev–Trinajstić information content (AvgIpc) is 2.03. The second-order valence-corrected chi connectivity index (χ2v) is 5.36. The Kier molecular flexibility index (Phi) is 12.2. The van der Waals surface area contributed by atoms with Crippen molar-refractivity contribution in [3.05, 3.63) is 0 Å². The first-order valence-corrected chi connectivity index (χ1v) is 5.55. The van der Waals surface area contributed by atoms with Crippen LogP contribution < -0.4 is 36.3 Å². The van der Waals surface area contributed by atoms with Gasteiger partial charge in [-0.1, -0.05) is 0 Å². The normalized spacial score (nSPS) is 29.9. The summed E-state index contributed by atoms with van der Waals surface area (Å²) in [5.41, 5.74) is 11.2. The van der Waals surface area contributed by atoms with Gasteiger partial charge in [0.15, 0.2) is 0 Å². The minimum atomic E-state index is -2.85. The zero-order valence-electron chi connectivity index (χ0n) is 7.43. The maximum Gasteiger partial charge on any atom is 2.00 e. The van der Waals surface area contributed by atoms with Gasteiger partial charge >= 0.3 is 21.1 Å². The van der Waals surface area contributed by atoms with E-state index >= 15 is 0 Å². The third-order valence-corrected chi connectivity index (χ3v) is 3.79. The molecule has 0 aliphatic carbocycles. The number of halogens is 2. The van der Waals surface area contributed by atoms with Crippen LogP contribution in [0.5, 0.6) is 0 Å². The van der Waals surface area contributed by atoms with Crippen molar-refractivity contribution in [2.24, 2.45) is 11.5 Å². The van der Waals surface area contributed by atoms with Crippen LogP contribution in [0.25, 0.3) is 0 Å². The third-order valence-electron chi connectivity index (χ3n) is 2.07. The smallest absolute Gasteiger partial charge is 1.00 e. The van der Waals surface area contributed by atoms with E-state index in [2.05, 4.69) is 0 Å². The van der Waals surface area contributed by atoms with Gasteiger partial charge in [-0.3, -0.25) is 0 Å². The maximum atomic E-state index is 11.1. The van der Waals surface area contributed by atoms with Crippen LogP contribution >= 0.6 is 0 Å². The first kappa shape index (κ1) is 20.5. The Morgan fingerprint density at radius 3 is 1.50 bits per heavy atom. The Bertz CT molecular complexity index is 220. The topological polar surface area (TPSA) is 86.2 Å². The quantitative estimate of drug-likeness (QED) is 0.389. The van der Waals surface area contributed by atoms with Crippen LogP contribution in [0, 0.1) is 0 Å². The van der Waals surface area contributed by atoms with E-state index in [1.165, 1.54) is 0 Å². The van der Waals surface area contributed by atoms with E-state index in [1.54, 1.807) is 0 Å². The summed E-state index contributed by atoms with van der Waals surface area (Å²) in [5, 5.41) is 0. The van der Waals surface area contributed by atoms with Crippen molar-refractivity contribution in [2.75, 3.05) is 11.5 Å². The molecule has 4 nitrogen and oxygen atoms in total. The van der Waals surface area contributed by atoms with E-state index in [-0.39, 0.29) is 69.5 Å². The minimum Gasteiger partial charge on any atom is -1.00 e. The molecule has 90 valence electrons. The number of hydrogen-bond acceptors (Lipinski definition) is 4. The van der Waals surface area contributed by atoms with Crippen molar-refractivity contribution in [1.29, 1.82) is 0 Å². The predicted octanol–water partition coefficient (Wildman–Crippen LogP) is -7.14. The number of hydrogen-bond donors (Lipinski definition) is 2. The summed E-state index contributed by atoms with van der Waals surface area (Å²) < 4.78 is 22.1.